The SMILES string of the molecule is CC(C)(CNC(=S)Nc1ccc(F)c(Cl)c1)[NH+]1CCOCC1. The smallest absolute Gasteiger partial charge is 0.171 e. The summed E-state index contributed by atoms with van der Waals surface area (Å²) in [6.45, 7) is 8.76. The van der Waals surface area contributed by atoms with E-state index in [0.717, 1.165) is 32.8 Å². The molecule has 1 saturated heterocycles. The number of morpholine rings is 1. The van der Waals surface area contributed by atoms with E-state index >= 15 is 0 Å². The number of thiocarbonyl (C=S) groups is 1. The average molecular weight is 347 g/mol. The third kappa shape index (κ3) is 4.78. The lowest BCUT2D eigenvalue weighted by Gasteiger charge is -2.37. The van der Waals surface area contributed by atoms with Crippen LogP contribution in [0, 0.1) is 5.82 Å². The molecule has 1 fully saturated rings. The predicted molar refractivity (Wildman–Crippen MR) is 91.2 cm³/mol. The first-order valence-corrected chi connectivity index (χ1v) is 8.10. The quantitative estimate of drug-likeness (QED) is 0.722. The summed E-state index contributed by atoms with van der Waals surface area (Å²) in [7, 11) is 0. The lowest BCUT2D eigenvalue weighted by molar-refractivity contribution is -0.954. The Balaban J connectivity index is 1.84. The first kappa shape index (κ1) is 17.4. The number of rotatable bonds is 4. The van der Waals surface area contributed by atoms with Crippen LogP contribution in [0.3, 0.4) is 0 Å². The van der Waals surface area contributed by atoms with Crippen molar-refractivity contribution in [3.05, 3.63) is 29.0 Å². The minimum absolute atomic E-state index is 0.0515. The van der Waals surface area contributed by atoms with Gasteiger partial charge in [0.15, 0.2) is 5.11 Å². The van der Waals surface area contributed by atoms with E-state index in [4.69, 9.17) is 28.6 Å². The van der Waals surface area contributed by atoms with Crippen LogP contribution in [0.25, 0.3) is 0 Å². The van der Waals surface area contributed by atoms with Gasteiger partial charge in [-0.25, -0.2) is 4.39 Å². The zero-order valence-electron chi connectivity index (χ0n) is 12.8. The van der Waals surface area contributed by atoms with Gasteiger partial charge in [-0.05, 0) is 44.3 Å². The number of anilines is 1. The van der Waals surface area contributed by atoms with Gasteiger partial charge >= 0.3 is 0 Å². The number of ether oxygens (including phenoxy) is 1. The van der Waals surface area contributed by atoms with Crippen LogP contribution in [0.4, 0.5) is 10.1 Å². The molecule has 1 aromatic carbocycles. The number of benzene rings is 1. The van der Waals surface area contributed by atoms with Crippen LogP contribution < -0.4 is 15.5 Å². The Kier molecular flexibility index (Phi) is 5.97. The van der Waals surface area contributed by atoms with Gasteiger partial charge in [-0.1, -0.05) is 11.6 Å². The van der Waals surface area contributed by atoms with E-state index in [0.29, 0.717) is 10.8 Å². The second-order valence-electron chi connectivity index (χ2n) is 6.04. The maximum absolute atomic E-state index is 13.1. The Bertz CT molecular complexity index is 536. The fourth-order valence-electron chi connectivity index (χ4n) is 2.47. The molecule has 1 aromatic rings. The number of halogens is 2. The van der Waals surface area contributed by atoms with Gasteiger partial charge in [-0.3, -0.25) is 0 Å². The van der Waals surface area contributed by atoms with Crippen LogP contribution in [-0.4, -0.2) is 43.5 Å². The first-order valence-electron chi connectivity index (χ1n) is 7.31. The van der Waals surface area contributed by atoms with Crippen molar-refractivity contribution in [2.45, 2.75) is 19.4 Å². The summed E-state index contributed by atoms with van der Waals surface area (Å²) in [5.74, 6) is -0.442. The first-order chi connectivity index (χ1) is 10.4. The highest BCUT2D eigenvalue weighted by Gasteiger charge is 2.32. The molecule has 0 unspecified atom stereocenters. The van der Waals surface area contributed by atoms with Crippen LogP contribution in [-0.2, 0) is 4.74 Å². The van der Waals surface area contributed by atoms with E-state index in [1.807, 2.05) is 0 Å². The molecule has 7 heteroatoms. The van der Waals surface area contributed by atoms with Gasteiger partial charge in [0.05, 0.1) is 24.8 Å². The van der Waals surface area contributed by atoms with E-state index in [1.165, 1.54) is 17.0 Å². The van der Waals surface area contributed by atoms with E-state index in [2.05, 4.69) is 24.5 Å². The molecule has 0 spiro atoms. The van der Waals surface area contributed by atoms with Crippen molar-refractivity contribution < 1.29 is 14.0 Å². The molecule has 0 saturated carbocycles. The molecule has 1 heterocycles. The van der Waals surface area contributed by atoms with Gasteiger partial charge in [0.1, 0.15) is 24.4 Å². The van der Waals surface area contributed by atoms with E-state index in [9.17, 15) is 4.39 Å². The van der Waals surface area contributed by atoms with E-state index in [1.54, 1.807) is 6.07 Å². The summed E-state index contributed by atoms with van der Waals surface area (Å²) < 4.78 is 18.5. The lowest BCUT2D eigenvalue weighted by atomic mass is 10.0. The van der Waals surface area contributed by atoms with Crippen LogP contribution in [0.1, 0.15) is 13.8 Å². The molecule has 0 amide bonds. The van der Waals surface area contributed by atoms with E-state index < -0.39 is 5.82 Å². The fourth-order valence-corrected chi connectivity index (χ4v) is 2.84. The molecule has 0 radical (unpaired) electrons. The summed E-state index contributed by atoms with van der Waals surface area (Å²) >= 11 is 11.0. The molecule has 22 heavy (non-hydrogen) atoms. The number of nitrogens with one attached hydrogen (secondary N) is 3. The van der Waals surface area contributed by atoms with Crippen molar-refractivity contribution in [2.24, 2.45) is 0 Å². The summed E-state index contributed by atoms with van der Waals surface area (Å²) in [5.41, 5.74) is 0.719. The highest BCUT2D eigenvalue weighted by Crippen LogP contribution is 2.19. The third-order valence-corrected chi connectivity index (χ3v) is 4.46. The largest absolute Gasteiger partial charge is 0.370 e. The topological polar surface area (TPSA) is 37.7 Å². The van der Waals surface area contributed by atoms with Crippen LogP contribution in [0.15, 0.2) is 18.2 Å². The summed E-state index contributed by atoms with van der Waals surface area (Å²) in [6, 6.07) is 4.44. The van der Waals surface area contributed by atoms with Gasteiger partial charge in [0.2, 0.25) is 0 Å². The molecule has 0 aromatic heterocycles. The van der Waals surface area contributed by atoms with Crippen molar-refractivity contribution in [1.29, 1.82) is 0 Å². The van der Waals surface area contributed by atoms with Crippen molar-refractivity contribution in [1.82, 2.24) is 5.32 Å². The second kappa shape index (κ2) is 7.55. The minimum atomic E-state index is -0.442. The number of quaternary nitrogens is 1. The molecule has 2 rings (SSSR count). The lowest BCUT2D eigenvalue weighted by Crippen LogP contribution is -3.22. The molecule has 1 aliphatic rings. The second-order valence-corrected chi connectivity index (χ2v) is 6.85. The molecular formula is C15H22ClFN3OS+. The highest BCUT2D eigenvalue weighted by molar-refractivity contribution is 7.80. The molecular weight excluding hydrogens is 325 g/mol. The standard InChI is InChI=1S/C15H21ClFN3OS/c1-15(2,20-5-7-21-8-6-20)10-18-14(22)19-11-3-4-13(17)12(16)9-11/h3-4,9H,5-8,10H2,1-2H3,(H2,18,19,22)/p+1. The predicted octanol–water partition coefficient (Wildman–Crippen LogP) is 1.46. The minimum Gasteiger partial charge on any atom is -0.370 e. The summed E-state index contributed by atoms with van der Waals surface area (Å²) in [6.07, 6.45) is 0. The fraction of sp³-hybridized carbons (Fsp3) is 0.533. The molecule has 3 N–H and O–H groups in total. The van der Waals surface area contributed by atoms with Crippen LogP contribution >= 0.6 is 23.8 Å². The molecule has 122 valence electrons. The monoisotopic (exact) mass is 346 g/mol. The Hall–Kier alpha value is -0.950. The van der Waals surface area contributed by atoms with Gasteiger partial charge in [0.25, 0.3) is 0 Å². The summed E-state index contributed by atoms with van der Waals surface area (Å²) in [5, 5.41) is 6.82. The van der Waals surface area contributed by atoms with Crippen LogP contribution in [0.2, 0.25) is 5.02 Å². The molecule has 1 aliphatic heterocycles. The zero-order chi connectivity index (χ0) is 16.2. The Labute approximate surface area is 141 Å². The zero-order valence-corrected chi connectivity index (χ0v) is 14.4. The summed E-state index contributed by atoms with van der Waals surface area (Å²) in [4.78, 5) is 1.50. The van der Waals surface area contributed by atoms with Gasteiger partial charge < -0.3 is 20.3 Å². The maximum Gasteiger partial charge on any atom is 0.171 e. The molecule has 0 bridgehead atoms. The normalized spacial score (nSPS) is 16.4. The van der Waals surface area contributed by atoms with Crippen molar-refractivity contribution in [3.63, 3.8) is 0 Å². The molecule has 0 atom stereocenters. The Morgan fingerprint density at radius 2 is 2.09 bits per heavy atom. The maximum atomic E-state index is 13.1. The number of hydrogen-bond donors (Lipinski definition) is 3. The van der Waals surface area contributed by atoms with Gasteiger partial charge in [-0.2, -0.15) is 0 Å². The Morgan fingerprint density at radius 1 is 1.41 bits per heavy atom. The third-order valence-electron chi connectivity index (χ3n) is 3.92. The van der Waals surface area contributed by atoms with Crippen molar-refractivity contribution in [2.75, 3.05) is 38.2 Å². The van der Waals surface area contributed by atoms with Gasteiger partial charge in [0, 0.05) is 5.69 Å². The van der Waals surface area contributed by atoms with E-state index in [-0.39, 0.29) is 10.6 Å². The Morgan fingerprint density at radius 3 is 2.73 bits per heavy atom. The van der Waals surface area contributed by atoms with Crippen LogP contribution in [0.5, 0.6) is 0 Å². The number of hydrogen-bond acceptors (Lipinski definition) is 2. The van der Waals surface area contributed by atoms with Crippen molar-refractivity contribution >= 4 is 34.6 Å². The molecule has 4 nitrogen and oxygen atoms in total. The highest BCUT2D eigenvalue weighted by atomic mass is 35.5. The molecule has 0 aliphatic carbocycles. The average Bonchev–Trinajstić information content (AvgIpc) is 2.50. The van der Waals surface area contributed by atoms with Gasteiger partial charge in [-0.15, -0.1) is 0 Å². The van der Waals surface area contributed by atoms with Crippen molar-refractivity contribution in [3.8, 4) is 0 Å².